The van der Waals surface area contributed by atoms with Crippen molar-refractivity contribution in [2.75, 3.05) is 13.2 Å². The molecule has 114 valence electrons. The minimum Gasteiger partial charge on any atom is -0.394 e. The molecule has 0 aliphatic heterocycles. The Kier molecular flexibility index (Phi) is 5.56. The highest BCUT2D eigenvalue weighted by Gasteiger charge is 2.25. The summed E-state index contributed by atoms with van der Waals surface area (Å²) in [5, 5.41) is 15.4. The van der Waals surface area contributed by atoms with Gasteiger partial charge in [0.25, 0.3) is 0 Å². The molecule has 0 saturated carbocycles. The third-order valence-corrected chi connectivity index (χ3v) is 4.63. The molecule has 0 saturated heterocycles. The lowest BCUT2D eigenvalue weighted by molar-refractivity contribution is 0.168. The van der Waals surface area contributed by atoms with Crippen molar-refractivity contribution in [1.82, 2.24) is 15.3 Å². The van der Waals surface area contributed by atoms with Crippen LogP contribution in [0.4, 0.5) is 0 Å². The molecule has 1 aromatic carbocycles. The van der Waals surface area contributed by atoms with E-state index >= 15 is 0 Å². The molecule has 2 rings (SSSR count). The van der Waals surface area contributed by atoms with Crippen LogP contribution in [0.15, 0.2) is 35.6 Å². The maximum absolute atomic E-state index is 9.61. The van der Waals surface area contributed by atoms with Crippen molar-refractivity contribution in [3.63, 3.8) is 0 Å². The maximum Gasteiger partial charge on any atom is 0.117 e. The molecule has 4 nitrogen and oxygen atoms in total. The van der Waals surface area contributed by atoms with Crippen LogP contribution in [0.2, 0.25) is 0 Å². The second-order valence-electron chi connectivity index (χ2n) is 5.58. The van der Waals surface area contributed by atoms with E-state index in [1.54, 1.807) is 18.1 Å². The van der Waals surface area contributed by atoms with Crippen LogP contribution in [0.3, 0.4) is 0 Å². The Hall–Kier alpha value is -1.17. The van der Waals surface area contributed by atoms with Crippen LogP contribution in [0.5, 0.6) is 0 Å². The summed E-state index contributed by atoms with van der Waals surface area (Å²) in [6.45, 7) is 7.28. The quantitative estimate of drug-likeness (QED) is 0.608. The summed E-state index contributed by atoms with van der Waals surface area (Å²) in [6.07, 6.45) is 2.49. The molecule has 1 aromatic heterocycles. The first kappa shape index (κ1) is 16.2. The normalized spacial score (nSPS) is 15.8. The minimum absolute atomic E-state index is 0.135. The lowest BCUT2D eigenvalue weighted by atomic mass is 9.97. The van der Waals surface area contributed by atoms with Crippen molar-refractivity contribution in [2.45, 2.75) is 43.0 Å². The highest BCUT2D eigenvalue weighted by atomic mass is 32.2. The number of hydrogen-bond acceptors (Lipinski definition) is 5. The highest BCUT2D eigenvalue weighted by Crippen LogP contribution is 2.31. The van der Waals surface area contributed by atoms with E-state index < -0.39 is 0 Å². The summed E-state index contributed by atoms with van der Waals surface area (Å²) >= 11 is 1.74. The van der Waals surface area contributed by atoms with E-state index in [2.05, 4.69) is 42.1 Å². The van der Waals surface area contributed by atoms with Crippen molar-refractivity contribution in [1.29, 1.82) is 0 Å². The first-order chi connectivity index (χ1) is 10.1. The average molecular weight is 305 g/mol. The number of thioether (sulfide) groups is 1. The van der Waals surface area contributed by atoms with Gasteiger partial charge in [-0.25, -0.2) is 9.97 Å². The standard InChI is InChI=1S/C16H23N3OS/c1-4-19-16(3,10-20)9-12(2)21-15-13-7-5-6-8-14(13)17-11-18-15/h5-8,11-12,19-20H,4,9-10H2,1-3H3. The van der Waals surface area contributed by atoms with Crippen LogP contribution < -0.4 is 5.32 Å². The summed E-state index contributed by atoms with van der Waals surface area (Å²) in [7, 11) is 0. The Morgan fingerprint density at radius 2 is 2.10 bits per heavy atom. The summed E-state index contributed by atoms with van der Waals surface area (Å²) in [6, 6.07) is 8.06. The van der Waals surface area contributed by atoms with E-state index in [9.17, 15) is 5.11 Å². The summed E-state index contributed by atoms with van der Waals surface area (Å²) in [5.41, 5.74) is 0.725. The van der Waals surface area contributed by atoms with Crippen molar-refractivity contribution < 1.29 is 5.11 Å². The fraction of sp³-hybridized carbons (Fsp3) is 0.500. The zero-order chi connectivity index (χ0) is 15.3. The molecule has 21 heavy (non-hydrogen) atoms. The minimum atomic E-state index is -0.246. The third-order valence-electron chi connectivity index (χ3n) is 3.51. The van der Waals surface area contributed by atoms with E-state index in [1.807, 2.05) is 18.2 Å². The molecule has 0 aliphatic rings. The van der Waals surface area contributed by atoms with Crippen molar-refractivity contribution >= 4 is 22.7 Å². The van der Waals surface area contributed by atoms with Crippen LogP contribution in [-0.4, -0.2) is 39.0 Å². The van der Waals surface area contributed by atoms with Gasteiger partial charge in [0.05, 0.1) is 12.1 Å². The van der Waals surface area contributed by atoms with Crippen LogP contribution in [0.1, 0.15) is 27.2 Å². The van der Waals surface area contributed by atoms with Gasteiger partial charge in [-0.2, -0.15) is 0 Å². The molecule has 1 heterocycles. The number of benzene rings is 1. The van der Waals surface area contributed by atoms with Crippen LogP contribution >= 0.6 is 11.8 Å². The molecule has 2 aromatic rings. The molecule has 2 atom stereocenters. The molecular weight excluding hydrogens is 282 g/mol. The second-order valence-corrected chi connectivity index (χ2v) is 7.00. The zero-order valence-electron chi connectivity index (χ0n) is 12.8. The molecule has 0 bridgehead atoms. The highest BCUT2D eigenvalue weighted by molar-refractivity contribution is 8.00. The van der Waals surface area contributed by atoms with Gasteiger partial charge in [-0.15, -0.1) is 11.8 Å². The SMILES string of the molecule is CCNC(C)(CO)CC(C)Sc1ncnc2ccccc12. The van der Waals surface area contributed by atoms with Crippen molar-refractivity contribution in [3.05, 3.63) is 30.6 Å². The topological polar surface area (TPSA) is 58.0 Å². The third kappa shape index (κ3) is 4.15. The number of rotatable bonds is 7. The van der Waals surface area contributed by atoms with E-state index in [0.29, 0.717) is 5.25 Å². The first-order valence-corrected chi connectivity index (χ1v) is 8.18. The molecule has 0 aliphatic carbocycles. The fourth-order valence-corrected chi connectivity index (χ4v) is 3.80. The Balaban J connectivity index is 2.13. The van der Waals surface area contributed by atoms with Gasteiger partial charge in [0.1, 0.15) is 11.4 Å². The van der Waals surface area contributed by atoms with Gasteiger partial charge in [0.2, 0.25) is 0 Å². The smallest absolute Gasteiger partial charge is 0.117 e. The molecule has 2 unspecified atom stereocenters. The lowest BCUT2D eigenvalue weighted by Gasteiger charge is -2.31. The van der Waals surface area contributed by atoms with Gasteiger partial charge < -0.3 is 10.4 Å². The average Bonchev–Trinajstić information content (AvgIpc) is 2.48. The predicted molar refractivity (Wildman–Crippen MR) is 88.6 cm³/mol. The van der Waals surface area contributed by atoms with Crippen molar-refractivity contribution in [2.24, 2.45) is 0 Å². The maximum atomic E-state index is 9.61. The number of aromatic nitrogens is 2. The molecule has 0 amide bonds. The fourth-order valence-electron chi connectivity index (χ4n) is 2.56. The summed E-state index contributed by atoms with van der Waals surface area (Å²) in [5.74, 6) is 0. The zero-order valence-corrected chi connectivity index (χ0v) is 13.7. The number of para-hydroxylation sites is 1. The Morgan fingerprint density at radius 3 is 2.81 bits per heavy atom. The van der Waals surface area contributed by atoms with E-state index in [-0.39, 0.29) is 12.1 Å². The monoisotopic (exact) mass is 305 g/mol. The van der Waals surface area contributed by atoms with Gasteiger partial charge in [-0.1, -0.05) is 32.0 Å². The molecule has 0 spiro atoms. The first-order valence-electron chi connectivity index (χ1n) is 7.30. The van der Waals surface area contributed by atoms with Gasteiger partial charge in [0.15, 0.2) is 0 Å². The summed E-state index contributed by atoms with van der Waals surface area (Å²) in [4.78, 5) is 8.71. The number of fused-ring (bicyclic) bond motifs is 1. The van der Waals surface area contributed by atoms with Gasteiger partial charge in [0, 0.05) is 16.2 Å². The number of nitrogens with one attached hydrogen (secondary N) is 1. The Bertz CT molecular complexity index is 587. The van der Waals surface area contributed by atoms with E-state index in [4.69, 9.17) is 0 Å². The number of likely N-dealkylation sites (N-methyl/N-ethyl adjacent to an activating group) is 1. The van der Waals surface area contributed by atoms with E-state index in [0.717, 1.165) is 28.9 Å². The van der Waals surface area contributed by atoms with Gasteiger partial charge in [-0.3, -0.25) is 0 Å². The molecule has 0 radical (unpaired) electrons. The predicted octanol–water partition coefficient (Wildman–Crippen LogP) is 2.86. The molecule has 5 heteroatoms. The van der Waals surface area contributed by atoms with E-state index in [1.165, 1.54) is 0 Å². The lowest BCUT2D eigenvalue weighted by Crippen LogP contribution is -2.47. The summed E-state index contributed by atoms with van der Waals surface area (Å²) < 4.78 is 0. The molecule has 0 fully saturated rings. The van der Waals surface area contributed by atoms with Crippen LogP contribution in [0, 0.1) is 0 Å². The number of hydrogen-bond donors (Lipinski definition) is 2. The Morgan fingerprint density at radius 1 is 1.33 bits per heavy atom. The Labute approximate surface area is 130 Å². The van der Waals surface area contributed by atoms with Crippen LogP contribution in [0.25, 0.3) is 10.9 Å². The van der Waals surface area contributed by atoms with Crippen LogP contribution in [-0.2, 0) is 0 Å². The number of nitrogens with zero attached hydrogens (tertiary/aromatic N) is 2. The molecule has 2 N–H and O–H groups in total. The number of aliphatic hydroxyl groups is 1. The van der Waals surface area contributed by atoms with Gasteiger partial charge in [-0.05, 0) is 26.0 Å². The second kappa shape index (κ2) is 7.20. The van der Waals surface area contributed by atoms with Crippen molar-refractivity contribution in [3.8, 4) is 0 Å². The number of aliphatic hydroxyl groups excluding tert-OH is 1. The van der Waals surface area contributed by atoms with Gasteiger partial charge >= 0.3 is 0 Å². The largest absolute Gasteiger partial charge is 0.394 e. The molecular formula is C16H23N3OS.